The lowest BCUT2D eigenvalue weighted by Gasteiger charge is -2.33. The van der Waals surface area contributed by atoms with Crippen molar-refractivity contribution in [2.24, 2.45) is 0 Å². The summed E-state index contributed by atoms with van der Waals surface area (Å²) in [5.74, 6) is 5.86. The summed E-state index contributed by atoms with van der Waals surface area (Å²) in [6, 6.07) is 10.6. The molecule has 0 saturated heterocycles. The van der Waals surface area contributed by atoms with Gasteiger partial charge in [0.05, 0.1) is 0 Å². The van der Waals surface area contributed by atoms with E-state index in [1.807, 2.05) is 26.0 Å². The van der Waals surface area contributed by atoms with Gasteiger partial charge in [0.1, 0.15) is 5.60 Å². The number of aliphatic hydroxyl groups is 1. The molecule has 1 saturated carbocycles. The van der Waals surface area contributed by atoms with Crippen LogP contribution in [0.5, 0.6) is 0 Å². The Kier molecular flexibility index (Phi) is 5.98. The molecule has 0 aliphatic heterocycles. The standard InChI is InChI=1S/C23H25ClN2O2/c1-15-16(2)21(25)9-8-20(15)22(27)26-19-7-4-11-23(28,14-19)12-10-17-5-3-6-18(24)13-17/h3,5-6,8-9,13,19,28H,4,7,11,14,25H2,1-2H3,(H,26,27)/t19-,23+/m0/s1. The van der Waals surface area contributed by atoms with Gasteiger partial charge in [0.2, 0.25) is 0 Å². The number of nitrogens with one attached hydrogen (secondary N) is 1. The Hall–Kier alpha value is -2.48. The molecule has 4 N–H and O–H groups in total. The van der Waals surface area contributed by atoms with Crippen LogP contribution in [0, 0.1) is 25.7 Å². The average Bonchev–Trinajstić information content (AvgIpc) is 2.65. The molecule has 1 amide bonds. The van der Waals surface area contributed by atoms with Gasteiger partial charge in [-0.25, -0.2) is 0 Å². The summed E-state index contributed by atoms with van der Waals surface area (Å²) in [6.45, 7) is 3.81. The molecule has 0 spiro atoms. The van der Waals surface area contributed by atoms with Gasteiger partial charge in [0.15, 0.2) is 0 Å². The SMILES string of the molecule is Cc1c(N)ccc(C(=O)N[C@H]2CCC[C@@](O)(C#Cc3cccc(Cl)c3)C2)c1C. The number of hydrogen-bond acceptors (Lipinski definition) is 3. The molecule has 0 aromatic heterocycles. The molecular formula is C23H25ClN2O2. The van der Waals surface area contributed by atoms with E-state index in [-0.39, 0.29) is 11.9 Å². The fraction of sp³-hybridized carbons (Fsp3) is 0.348. The van der Waals surface area contributed by atoms with Crippen molar-refractivity contribution in [1.82, 2.24) is 5.32 Å². The van der Waals surface area contributed by atoms with Gasteiger partial charge in [-0.1, -0.05) is 29.5 Å². The zero-order valence-corrected chi connectivity index (χ0v) is 16.9. The third kappa shape index (κ3) is 4.67. The number of carbonyl (C=O) groups excluding carboxylic acids is 1. The van der Waals surface area contributed by atoms with Crippen molar-refractivity contribution in [3.05, 3.63) is 63.7 Å². The Balaban J connectivity index is 1.71. The van der Waals surface area contributed by atoms with E-state index in [9.17, 15) is 9.90 Å². The highest BCUT2D eigenvalue weighted by molar-refractivity contribution is 6.30. The topological polar surface area (TPSA) is 75.4 Å². The molecule has 1 fully saturated rings. The average molecular weight is 397 g/mol. The highest BCUT2D eigenvalue weighted by Gasteiger charge is 2.33. The maximum atomic E-state index is 12.7. The van der Waals surface area contributed by atoms with Gasteiger partial charge in [-0.15, -0.1) is 0 Å². The molecule has 0 bridgehead atoms. The lowest BCUT2D eigenvalue weighted by Crippen LogP contribution is -2.45. The van der Waals surface area contributed by atoms with Crippen molar-refractivity contribution >= 4 is 23.2 Å². The molecular weight excluding hydrogens is 372 g/mol. The number of anilines is 1. The van der Waals surface area contributed by atoms with Crippen molar-refractivity contribution < 1.29 is 9.90 Å². The van der Waals surface area contributed by atoms with Gasteiger partial charge in [-0.3, -0.25) is 4.79 Å². The molecule has 1 aliphatic rings. The summed E-state index contributed by atoms with van der Waals surface area (Å²) in [4.78, 5) is 12.7. The summed E-state index contributed by atoms with van der Waals surface area (Å²) >= 11 is 5.99. The second-order valence-corrected chi connectivity index (χ2v) is 7.95. The fourth-order valence-electron chi connectivity index (χ4n) is 3.59. The predicted molar refractivity (Wildman–Crippen MR) is 113 cm³/mol. The number of rotatable bonds is 2. The van der Waals surface area contributed by atoms with Crippen LogP contribution in [0.1, 0.15) is 52.7 Å². The molecule has 5 heteroatoms. The molecule has 2 aromatic rings. The van der Waals surface area contributed by atoms with Gasteiger partial charge in [-0.2, -0.15) is 0 Å². The third-order valence-corrected chi connectivity index (χ3v) is 5.64. The second kappa shape index (κ2) is 8.26. The minimum absolute atomic E-state index is 0.128. The van der Waals surface area contributed by atoms with Gasteiger partial charge >= 0.3 is 0 Å². The molecule has 0 radical (unpaired) electrons. The Morgan fingerprint density at radius 2 is 2.07 bits per heavy atom. The lowest BCUT2D eigenvalue weighted by molar-refractivity contribution is 0.0452. The van der Waals surface area contributed by atoms with Crippen molar-refractivity contribution in [2.75, 3.05) is 5.73 Å². The maximum Gasteiger partial charge on any atom is 0.251 e. The molecule has 3 rings (SSSR count). The van der Waals surface area contributed by atoms with Gasteiger partial charge in [0.25, 0.3) is 5.91 Å². The van der Waals surface area contributed by atoms with Crippen LogP contribution in [-0.4, -0.2) is 22.7 Å². The minimum atomic E-state index is -1.12. The van der Waals surface area contributed by atoms with Crippen LogP contribution >= 0.6 is 11.6 Å². The molecule has 1 aliphatic carbocycles. The molecule has 4 nitrogen and oxygen atoms in total. The fourth-order valence-corrected chi connectivity index (χ4v) is 3.79. The number of carbonyl (C=O) groups is 1. The monoisotopic (exact) mass is 396 g/mol. The maximum absolute atomic E-state index is 12.7. The van der Waals surface area contributed by atoms with E-state index >= 15 is 0 Å². The first kappa shape index (κ1) is 20.3. The molecule has 28 heavy (non-hydrogen) atoms. The van der Waals surface area contributed by atoms with E-state index in [2.05, 4.69) is 17.2 Å². The zero-order chi connectivity index (χ0) is 20.3. The van der Waals surface area contributed by atoms with Crippen molar-refractivity contribution in [3.63, 3.8) is 0 Å². The Morgan fingerprint density at radius 1 is 1.29 bits per heavy atom. The van der Waals surface area contributed by atoms with E-state index in [4.69, 9.17) is 17.3 Å². The molecule has 2 aromatic carbocycles. The van der Waals surface area contributed by atoms with Crippen LogP contribution in [0.2, 0.25) is 5.02 Å². The smallest absolute Gasteiger partial charge is 0.251 e. The van der Waals surface area contributed by atoms with Crippen LogP contribution < -0.4 is 11.1 Å². The van der Waals surface area contributed by atoms with Gasteiger partial charge < -0.3 is 16.2 Å². The second-order valence-electron chi connectivity index (χ2n) is 7.51. The number of nitrogens with two attached hydrogens (primary N) is 1. The van der Waals surface area contributed by atoms with Crippen LogP contribution in [0.4, 0.5) is 5.69 Å². The zero-order valence-electron chi connectivity index (χ0n) is 16.2. The summed E-state index contributed by atoms with van der Waals surface area (Å²) in [5, 5.41) is 14.6. The quantitative estimate of drug-likeness (QED) is 0.530. The Bertz CT molecular complexity index is 961. The van der Waals surface area contributed by atoms with Crippen molar-refractivity contribution in [3.8, 4) is 11.8 Å². The molecule has 146 valence electrons. The predicted octanol–water partition coefficient (Wildman–Crippen LogP) is 3.99. The van der Waals surface area contributed by atoms with Gasteiger partial charge in [0, 0.05) is 34.3 Å². The van der Waals surface area contributed by atoms with Crippen LogP contribution in [0.25, 0.3) is 0 Å². The largest absolute Gasteiger partial charge is 0.399 e. The summed E-state index contributed by atoms with van der Waals surface area (Å²) in [7, 11) is 0. The van der Waals surface area contributed by atoms with E-state index in [1.54, 1.807) is 24.3 Å². The number of nitrogen functional groups attached to an aromatic ring is 1. The summed E-state index contributed by atoms with van der Waals surface area (Å²) in [6.07, 6.45) is 2.61. The normalized spacial score (nSPS) is 21.5. The number of halogens is 1. The van der Waals surface area contributed by atoms with E-state index in [0.29, 0.717) is 29.1 Å². The molecule has 0 unspecified atom stereocenters. The lowest BCUT2D eigenvalue weighted by atomic mass is 9.82. The highest BCUT2D eigenvalue weighted by Crippen LogP contribution is 2.29. The summed E-state index contributed by atoms with van der Waals surface area (Å²) < 4.78 is 0. The highest BCUT2D eigenvalue weighted by atomic mass is 35.5. The summed E-state index contributed by atoms with van der Waals surface area (Å²) in [5.41, 5.74) is 8.65. The molecule has 2 atom stereocenters. The number of hydrogen-bond donors (Lipinski definition) is 3. The van der Waals surface area contributed by atoms with Crippen LogP contribution in [0.15, 0.2) is 36.4 Å². The van der Waals surface area contributed by atoms with Crippen molar-refractivity contribution in [1.29, 1.82) is 0 Å². The van der Waals surface area contributed by atoms with E-state index in [0.717, 1.165) is 29.5 Å². The number of benzene rings is 2. The van der Waals surface area contributed by atoms with Crippen molar-refractivity contribution in [2.45, 2.75) is 51.2 Å². The first-order chi connectivity index (χ1) is 13.3. The van der Waals surface area contributed by atoms with Crippen LogP contribution in [-0.2, 0) is 0 Å². The first-order valence-corrected chi connectivity index (χ1v) is 9.83. The van der Waals surface area contributed by atoms with Gasteiger partial charge in [-0.05, 0) is 74.6 Å². The first-order valence-electron chi connectivity index (χ1n) is 9.45. The minimum Gasteiger partial charge on any atom is -0.399 e. The number of amides is 1. The van der Waals surface area contributed by atoms with E-state index in [1.165, 1.54) is 0 Å². The Morgan fingerprint density at radius 3 is 2.82 bits per heavy atom. The Labute approximate surface area is 171 Å². The van der Waals surface area contributed by atoms with Crippen LogP contribution in [0.3, 0.4) is 0 Å². The third-order valence-electron chi connectivity index (χ3n) is 5.40. The molecule has 0 heterocycles. The van der Waals surface area contributed by atoms with E-state index < -0.39 is 5.60 Å².